The Hall–Kier alpha value is -8.74. The van der Waals surface area contributed by atoms with E-state index in [1.54, 1.807) is 24.0 Å². The molecule has 0 bridgehead atoms. The molecule has 0 unspecified atom stereocenters. The van der Waals surface area contributed by atoms with Crippen LogP contribution in [0.4, 0.5) is 11.4 Å². The van der Waals surface area contributed by atoms with Crippen LogP contribution in [0.1, 0.15) is 33.9 Å². The Kier molecular flexibility index (Phi) is 20.9. The molecular weight excluding hydrogens is 1060 g/mol. The van der Waals surface area contributed by atoms with Crippen LogP contribution in [-0.2, 0) is 64.2 Å². The second-order valence-corrected chi connectivity index (χ2v) is 20.0. The quantitative estimate of drug-likeness (QED) is 0.0368. The molecule has 16 nitrogen and oxygen atoms in total. The average Bonchev–Trinajstić information content (AvgIpc) is 2.94. The molecule has 4 aromatic heterocycles. The molecule has 6 heterocycles. The highest BCUT2D eigenvalue weighted by molar-refractivity contribution is 6.30. The largest absolute Gasteiger partial charge is 0.382 e. The summed E-state index contributed by atoms with van der Waals surface area (Å²) in [5, 5.41) is 0. The van der Waals surface area contributed by atoms with Crippen LogP contribution in [0, 0.1) is 0 Å². The molecule has 430 valence electrons. The van der Waals surface area contributed by atoms with E-state index in [1.807, 2.05) is 146 Å². The summed E-state index contributed by atoms with van der Waals surface area (Å²) in [6.45, 7) is 6.57. The number of hydrogen-bond acceptors (Lipinski definition) is 14. The van der Waals surface area contributed by atoms with Crippen LogP contribution in [0.2, 0.25) is 0 Å². The van der Waals surface area contributed by atoms with Crippen molar-refractivity contribution in [3.63, 3.8) is 0 Å². The van der Waals surface area contributed by atoms with Crippen LogP contribution in [0.5, 0.6) is 0 Å². The van der Waals surface area contributed by atoms with Gasteiger partial charge < -0.3 is 48.0 Å². The molecule has 10 rings (SSSR count). The Morgan fingerprint density at radius 1 is 0.333 bits per heavy atom. The van der Waals surface area contributed by atoms with E-state index < -0.39 is 0 Å². The highest BCUT2D eigenvalue weighted by Gasteiger charge is 2.48. The number of nitrogens with zero attached hydrogens (tertiary/aromatic N) is 8. The van der Waals surface area contributed by atoms with Gasteiger partial charge in [0.2, 0.25) is 0 Å². The Morgan fingerprint density at radius 2 is 0.607 bits per heavy atom. The third-order valence-corrected chi connectivity index (χ3v) is 14.5. The maximum absolute atomic E-state index is 15.3. The molecule has 0 atom stereocenters. The standard InChI is InChI=1S/C68H70N8O8/c1-79-39-41-83-45-43-81-37-35-75-65(55-19-15-51(16-20-55)53-23-27-61(28-24-53)73(47-57-11-3-7-31-69-57)48-58-12-4-8-32-70-58)63-64(67(75)77)66(76(68(63)78)36-38-82-44-46-84-42-40-80-2)56-21-17-52(18-22-56)54-25-29-62(30-26-54)74(49-59-13-5-9-33-71-59)50-60-14-6-10-34-72-60/h3-34H,35-50H2,1-2H3. The summed E-state index contributed by atoms with van der Waals surface area (Å²) in [6, 6.07) is 56.9. The summed E-state index contributed by atoms with van der Waals surface area (Å²) in [5.74, 6) is -0.556. The molecule has 0 N–H and O–H groups in total. The van der Waals surface area contributed by atoms with Crippen molar-refractivity contribution in [3.05, 3.63) is 240 Å². The van der Waals surface area contributed by atoms with Crippen LogP contribution in [0.25, 0.3) is 33.6 Å². The Labute approximate surface area is 491 Å². The summed E-state index contributed by atoms with van der Waals surface area (Å²) < 4.78 is 33.6. The molecule has 84 heavy (non-hydrogen) atoms. The van der Waals surface area contributed by atoms with Crippen LogP contribution in [0.15, 0.2) is 206 Å². The zero-order valence-corrected chi connectivity index (χ0v) is 47.6. The highest BCUT2D eigenvalue weighted by Crippen LogP contribution is 2.47. The van der Waals surface area contributed by atoms with Gasteiger partial charge >= 0.3 is 0 Å². The molecule has 0 radical (unpaired) electrons. The van der Waals surface area contributed by atoms with E-state index in [0.717, 1.165) is 67.5 Å². The van der Waals surface area contributed by atoms with Gasteiger partial charge in [0.1, 0.15) is 0 Å². The van der Waals surface area contributed by atoms with E-state index in [2.05, 4.69) is 78.3 Å². The summed E-state index contributed by atoms with van der Waals surface area (Å²) in [6.07, 6.45) is 7.26. The molecule has 0 spiro atoms. The lowest BCUT2D eigenvalue weighted by atomic mass is 9.98. The number of carbonyl (C=O) groups excluding carboxylic acids is 2. The lowest BCUT2D eigenvalue weighted by Gasteiger charge is -2.26. The number of benzene rings is 4. The van der Waals surface area contributed by atoms with Gasteiger partial charge in [0.25, 0.3) is 11.8 Å². The summed E-state index contributed by atoms with van der Waals surface area (Å²) in [5.41, 5.74) is 13.1. The van der Waals surface area contributed by atoms with Gasteiger partial charge in [-0.05, 0) is 106 Å². The molecule has 0 saturated carbocycles. The predicted octanol–water partition coefficient (Wildman–Crippen LogP) is 10.2. The van der Waals surface area contributed by atoms with E-state index in [9.17, 15) is 0 Å². The first-order valence-corrected chi connectivity index (χ1v) is 28.4. The SMILES string of the molecule is COCCOCCOCCN1C(=O)C2=C(c3ccc(-c4ccc(N(Cc5ccccn5)Cc5ccccn5)cc4)cc3)N(CCOCCOCCOC)C(=O)C2=C1c1ccc(-c2ccc(N(Cc3ccccn3)Cc3ccccn3)cc2)cc1. The van der Waals surface area contributed by atoms with Crippen molar-refractivity contribution in [2.45, 2.75) is 26.2 Å². The molecule has 0 fully saturated rings. The molecule has 0 saturated heterocycles. The average molecular weight is 1130 g/mol. The maximum atomic E-state index is 15.3. The van der Waals surface area contributed by atoms with Gasteiger partial charge in [-0.3, -0.25) is 29.5 Å². The van der Waals surface area contributed by atoms with Crippen molar-refractivity contribution in [3.8, 4) is 22.3 Å². The molecule has 2 amide bonds. The number of fused-ring (bicyclic) bond motifs is 1. The van der Waals surface area contributed by atoms with E-state index in [-0.39, 0.29) is 38.1 Å². The van der Waals surface area contributed by atoms with Crippen molar-refractivity contribution in [1.82, 2.24) is 29.7 Å². The molecule has 4 aromatic carbocycles. The zero-order chi connectivity index (χ0) is 57.7. The van der Waals surface area contributed by atoms with Gasteiger partial charge in [-0.25, -0.2) is 0 Å². The fourth-order valence-corrected chi connectivity index (χ4v) is 10.3. The number of hydrogen-bond donors (Lipinski definition) is 0. The fourth-order valence-electron chi connectivity index (χ4n) is 10.3. The number of aromatic nitrogens is 4. The van der Waals surface area contributed by atoms with Gasteiger partial charge in [-0.2, -0.15) is 0 Å². The topological polar surface area (TPSA) is 154 Å². The lowest BCUT2D eigenvalue weighted by Crippen LogP contribution is -2.33. The van der Waals surface area contributed by atoms with Crippen molar-refractivity contribution in [2.75, 3.05) is 103 Å². The number of rotatable bonds is 32. The molecule has 2 aliphatic rings. The second-order valence-electron chi connectivity index (χ2n) is 20.0. The third kappa shape index (κ3) is 15.1. The second kappa shape index (κ2) is 30.0. The van der Waals surface area contributed by atoms with E-state index in [4.69, 9.17) is 28.4 Å². The van der Waals surface area contributed by atoms with Gasteiger partial charge in [-0.1, -0.05) is 97.1 Å². The number of anilines is 2. The number of methoxy groups -OCH3 is 2. The maximum Gasteiger partial charge on any atom is 0.261 e. The molecule has 8 aromatic rings. The minimum atomic E-state index is -0.278. The Bertz CT molecular complexity index is 3100. The van der Waals surface area contributed by atoms with Gasteiger partial charge in [-0.15, -0.1) is 0 Å². The van der Waals surface area contributed by atoms with Crippen molar-refractivity contribution in [1.29, 1.82) is 0 Å². The lowest BCUT2D eigenvalue weighted by molar-refractivity contribution is -0.124. The van der Waals surface area contributed by atoms with E-state index >= 15 is 9.59 Å². The first kappa shape index (κ1) is 58.5. The molecule has 0 aliphatic carbocycles. The van der Waals surface area contributed by atoms with Gasteiger partial charge in [0.05, 0.1) is 138 Å². The summed E-state index contributed by atoms with van der Waals surface area (Å²) >= 11 is 0. The monoisotopic (exact) mass is 1130 g/mol. The molecule has 2 aliphatic heterocycles. The van der Waals surface area contributed by atoms with Crippen LogP contribution < -0.4 is 9.80 Å². The van der Waals surface area contributed by atoms with Crippen LogP contribution >= 0.6 is 0 Å². The van der Waals surface area contributed by atoms with Crippen molar-refractivity contribution in [2.24, 2.45) is 0 Å². The fraction of sp³-hybridized carbons (Fsp3) is 0.265. The van der Waals surface area contributed by atoms with Gasteiger partial charge in [0, 0.05) is 63.5 Å². The number of pyridine rings is 4. The number of amides is 2. The predicted molar refractivity (Wildman–Crippen MR) is 325 cm³/mol. The Morgan fingerprint density at radius 3 is 0.893 bits per heavy atom. The number of carbonyl (C=O) groups is 2. The first-order valence-electron chi connectivity index (χ1n) is 28.4. The van der Waals surface area contributed by atoms with Crippen LogP contribution in [0.3, 0.4) is 0 Å². The van der Waals surface area contributed by atoms with Crippen LogP contribution in [-0.4, -0.2) is 135 Å². The normalized spacial score (nSPS) is 13.1. The van der Waals surface area contributed by atoms with Gasteiger partial charge in [0.15, 0.2) is 0 Å². The highest BCUT2D eigenvalue weighted by atomic mass is 16.5. The zero-order valence-electron chi connectivity index (χ0n) is 47.6. The molecular formula is C68H70N8O8. The minimum Gasteiger partial charge on any atom is -0.382 e. The van der Waals surface area contributed by atoms with Crippen molar-refractivity contribution < 1.29 is 38.0 Å². The van der Waals surface area contributed by atoms with E-state index in [1.165, 1.54) is 0 Å². The van der Waals surface area contributed by atoms with E-state index in [0.29, 0.717) is 102 Å². The number of ether oxygens (including phenoxy) is 6. The third-order valence-electron chi connectivity index (χ3n) is 14.5. The minimum absolute atomic E-state index is 0.207. The first-order chi connectivity index (χ1) is 41.4. The van der Waals surface area contributed by atoms with Crippen molar-refractivity contribution >= 4 is 34.6 Å². The molecule has 16 heteroatoms. The smallest absolute Gasteiger partial charge is 0.261 e. The summed E-state index contributed by atoms with van der Waals surface area (Å²) in [4.78, 5) is 56.9. The summed E-state index contributed by atoms with van der Waals surface area (Å²) in [7, 11) is 3.26. The Balaban J connectivity index is 0.950.